The summed E-state index contributed by atoms with van der Waals surface area (Å²) in [7, 11) is 1.96. The molecule has 2 N–H and O–H groups in total. The van der Waals surface area contributed by atoms with Crippen molar-refractivity contribution in [3.63, 3.8) is 0 Å². The zero-order valence-corrected chi connectivity index (χ0v) is 13.4. The lowest BCUT2D eigenvalue weighted by Gasteiger charge is -2.43. The molecule has 0 bridgehead atoms. The molecule has 1 aromatic rings. The highest BCUT2D eigenvalue weighted by Crippen LogP contribution is 2.31. The van der Waals surface area contributed by atoms with Crippen LogP contribution in [0.3, 0.4) is 0 Å². The van der Waals surface area contributed by atoms with Crippen molar-refractivity contribution in [3.8, 4) is 0 Å². The molecule has 1 saturated heterocycles. The number of amides is 1. The first kappa shape index (κ1) is 14.4. The zero-order chi connectivity index (χ0) is 15.2. The maximum Gasteiger partial charge on any atom is 0.245 e. The quantitative estimate of drug-likeness (QED) is 0.857. The van der Waals surface area contributed by atoms with E-state index >= 15 is 0 Å². The molecule has 6 heteroatoms. The molecule has 6 nitrogen and oxygen atoms in total. The van der Waals surface area contributed by atoms with E-state index < -0.39 is 5.54 Å². The Labute approximate surface area is 125 Å². The van der Waals surface area contributed by atoms with Gasteiger partial charge in [0.1, 0.15) is 11.4 Å². The van der Waals surface area contributed by atoms with Gasteiger partial charge in [0.2, 0.25) is 5.91 Å². The van der Waals surface area contributed by atoms with Crippen LogP contribution in [0.2, 0.25) is 0 Å². The summed E-state index contributed by atoms with van der Waals surface area (Å²) >= 11 is 0. The van der Waals surface area contributed by atoms with Gasteiger partial charge in [-0.15, -0.1) is 0 Å². The molecule has 21 heavy (non-hydrogen) atoms. The van der Waals surface area contributed by atoms with Crippen LogP contribution in [0.15, 0.2) is 0 Å². The lowest BCUT2D eigenvalue weighted by atomic mass is 9.98. The molecule has 3 rings (SSSR count). The third kappa shape index (κ3) is 2.52. The highest BCUT2D eigenvalue weighted by atomic mass is 16.2. The van der Waals surface area contributed by atoms with Gasteiger partial charge in [0.15, 0.2) is 0 Å². The Morgan fingerprint density at radius 2 is 2.14 bits per heavy atom. The van der Waals surface area contributed by atoms with Gasteiger partial charge in [-0.1, -0.05) is 0 Å². The fraction of sp³-hybridized carbons (Fsp3) is 0.733. The molecule has 0 spiro atoms. The van der Waals surface area contributed by atoms with Crippen molar-refractivity contribution in [1.82, 2.24) is 20.4 Å². The molecule has 0 aromatic carbocycles. The maximum atomic E-state index is 12.2. The van der Waals surface area contributed by atoms with E-state index in [1.165, 1.54) is 18.4 Å². The predicted molar refractivity (Wildman–Crippen MR) is 82.2 cm³/mol. The molecule has 116 valence electrons. The SMILES string of the molecule is Cc1nn(C)c(N2CCNC(=O)C2(C)C)c1CNC1CC1. The normalized spacial score (nSPS) is 21.5. The van der Waals surface area contributed by atoms with Gasteiger partial charge in [-0.2, -0.15) is 5.10 Å². The highest BCUT2D eigenvalue weighted by molar-refractivity contribution is 5.90. The van der Waals surface area contributed by atoms with E-state index in [0.29, 0.717) is 12.6 Å². The molecule has 0 unspecified atom stereocenters. The number of carbonyl (C=O) groups is 1. The van der Waals surface area contributed by atoms with Crippen LogP contribution in [-0.2, 0) is 18.4 Å². The van der Waals surface area contributed by atoms with Crippen molar-refractivity contribution in [2.45, 2.75) is 51.7 Å². The Hall–Kier alpha value is -1.56. The molecule has 0 atom stereocenters. The Kier molecular flexibility index (Phi) is 3.43. The Morgan fingerprint density at radius 3 is 2.81 bits per heavy atom. The lowest BCUT2D eigenvalue weighted by Crippen LogP contribution is -2.62. The Morgan fingerprint density at radius 1 is 1.43 bits per heavy atom. The Balaban J connectivity index is 1.93. The second kappa shape index (κ2) is 5.02. The average Bonchev–Trinajstić information content (AvgIpc) is 3.18. The molecule has 0 radical (unpaired) electrons. The molecular formula is C15H25N5O. The Bertz CT molecular complexity index is 559. The number of hydrogen-bond donors (Lipinski definition) is 2. The predicted octanol–water partition coefficient (Wildman–Crippen LogP) is 0.695. The summed E-state index contributed by atoms with van der Waals surface area (Å²) in [6.07, 6.45) is 2.54. The van der Waals surface area contributed by atoms with Crippen molar-refractivity contribution in [3.05, 3.63) is 11.3 Å². The minimum absolute atomic E-state index is 0.0775. The average molecular weight is 291 g/mol. The van der Waals surface area contributed by atoms with Crippen molar-refractivity contribution in [2.75, 3.05) is 18.0 Å². The van der Waals surface area contributed by atoms with E-state index in [1.54, 1.807) is 0 Å². The number of anilines is 1. The summed E-state index contributed by atoms with van der Waals surface area (Å²) in [5, 5.41) is 11.1. The van der Waals surface area contributed by atoms with Crippen molar-refractivity contribution in [2.24, 2.45) is 7.05 Å². The molecular weight excluding hydrogens is 266 g/mol. The second-order valence-corrected chi connectivity index (χ2v) is 6.63. The van der Waals surface area contributed by atoms with Crippen LogP contribution in [0.1, 0.15) is 37.9 Å². The van der Waals surface area contributed by atoms with E-state index in [-0.39, 0.29) is 5.91 Å². The maximum absolute atomic E-state index is 12.2. The van der Waals surface area contributed by atoms with Crippen LogP contribution in [0.25, 0.3) is 0 Å². The number of aryl methyl sites for hydroxylation is 2. The van der Waals surface area contributed by atoms with E-state index in [0.717, 1.165) is 24.6 Å². The standard InChI is InChI=1S/C15H25N5O/c1-10-12(9-17-11-5-6-11)13(19(4)18-10)20-8-7-16-14(21)15(20,2)3/h11,17H,5-9H2,1-4H3,(H,16,21). The number of rotatable bonds is 4. The number of piperazine rings is 1. The minimum atomic E-state index is -0.549. The van der Waals surface area contributed by atoms with Gasteiger partial charge in [0.05, 0.1) is 5.69 Å². The van der Waals surface area contributed by atoms with Gasteiger partial charge in [0, 0.05) is 38.3 Å². The van der Waals surface area contributed by atoms with E-state index in [2.05, 4.69) is 20.6 Å². The molecule has 2 fully saturated rings. The third-order valence-electron chi connectivity index (χ3n) is 4.57. The van der Waals surface area contributed by atoms with Crippen molar-refractivity contribution >= 4 is 11.7 Å². The number of nitrogens with one attached hydrogen (secondary N) is 2. The minimum Gasteiger partial charge on any atom is -0.352 e. The monoisotopic (exact) mass is 291 g/mol. The summed E-state index contributed by atoms with van der Waals surface area (Å²) in [4.78, 5) is 14.4. The first-order chi connectivity index (χ1) is 9.91. The summed E-state index contributed by atoms with van der Waals surface area (Å²) < 4.78 is 1.92. The first-order valence-corrected chi connectivity index (χ1v) is 7.73. The summed E-state index contributed by atoms with van der Waals surface area (Å²) in [5.41, 5.74) is 1.71. The first-order valence-electron chi connectivity index (χ1n) is 7.73. The molecule has 1 saturated carbocycles. The summed E-state index contributed by atoms with van der Waals surface area (Å²) in [6.45, 7) is 8.32. The molecule has 2 heterocycles. The molecule has 1 aliphatic carbocycles. The van der Waals surface area contributed by atoms with Crippen LogP contribution in [0, 0.1) is 6.92 Å². The van der Waals surface area contributed by atoms with E-state index in [1.807, 2.05) is 32.5 Å². The third-order valence-corrected chi connectivity index (χ3v) is 4.57. The molecule has 1 aromatic heterocycles. The number of carbonyl (C=O) groups excluding carboxylic acids is 1. The summed E-state index contributed by atoms with van der Waals surface area (Å²) in [5.74, 6) is 1.15. The molecule has 1 aliphatic heterocycles. The smallest absolute Gasteiger partial charge is 0.245 e. The molecule has 2 aliphatic rings. The van der Waals surface area contributed by atoms with Crippen LogP contribution in [0.5, 0.6) is 0 Å². The van der Waals surface area contributed by atoms with Gasteiger partial charge >= 0.3 is 0 Å². The van der Waals surface area contributed by atoms with Gasteiger partial charge in [0.25, 0.3) is 0 Å². The van der Waals surface area contributed by atoms with Gasteiger partial charge in [-0.05, 0) is 33.6 Å². The van der Waals surface area contributed by atoms with Crippen LogP contribution in [0.4, 0.5) is 5.82 Å². The van der Waals surface area contributed by atoms with Crippen molar-refractivity contribution in [1.29, 1.82) is 0 Å². The lowest BCUT2D eigenvalue weighted by molar-refractivity contribution is -0.126. The number of nitrogens with zero attached hydrogens (tertiary/aromatic N) is 3. The topological polar surface area (TPSA) is 62.2 Å². The largest absolute Gasteiger partial charge is 0.352 e. The van der Waals surface area contributed by atoms with E-state index in [4.69, 9.17) is 0 Å². The fourth-order valence-electron chi connectivity index (χ4n) is 3.04. The fourth-order valence-corrected chi connectivity index (χ4v) is 3.04. The van der Waals surface area contributed by atoms with Gasteiger partial charge in [-0.25, -0.2) is 0 Å². The van der Waals surface area contributed by atoms with Crippen LogP contribution >= 0.6 is 0 Å². The molecule has 1 amide bonds. The summed E-state index contributed by atoms with van der Waals surface area (Å²) in [6, 6.07) is 0.662. The number of hydrogen-bond acceptors (Lipinski definition) is 4. The highest BCUT2D eigenvalue weighted by Gasteiger charge is 2.40. The van der Waals surface area contributed by atoms with Gasteiger partial charge < -0.3 is 15.5 Å². The van der Waals surface area contributed by atoms with Gasteiger partial charge in [-0.3, -0.25) is 9.48 Å². The second-order valence-electron chi connectivity index (χ2n) is 6.63. The zero-order valence-electron chi connectivity index (χ0n) is 13.4. The van der Waals surface area contributed by atoms with Crippen LogP contribution in [-0.4, -0.2) is 40.4 Å². The van der Waals surface area contributed by atoms with Crippen LogP contribution < -0.4 is 15.5 Å². The van der Waals surface area contributed by atoms with E-state index in [9.17, 15) is 4.79 Å². The number of aromatic nitrogens is 2. The van der Waals surface area contributed by atoms with Crippen molar-refractivity contribution < 1.29 is 4.79 Å².